The number of urea groups is 1. The number of carbonyl (C=O) groups excluding carboxylic acids is 4. The highest BCUT2D eigenvalue weighted by Gasteiger charge is 2.53. The van der Waals surface area contributed by atoms with E-state index in [9.17, 15) is 19.2 Å². The maximum Gasteiger partial charge on any atom is 0.407 e. The summed E-state index contributed by atoms with van der Waals surface area (Å²) in [6.45, 7) is 8.66. The Balaban J connectivity index is 1.53. The molecule has 0 aromatic carbocycles. The van der Waals surface area contributed by atoms with Gasteiger partial charge in [-0.1, -0.05) is 13.3 Å². The predicted molar refractivity (Wildman–Crippen MR) is 117 cm³/mol. The lowest BCUT2D eigenvalue weighted by Gasteiger charge is -2.35. The number of hydrazine groups is 1. The molecule has 5 amide bonds. The maximum absolute atomic E-state index is 12.9. The molecule has 0 aromatic heterocycles. The van der Waals surface area contributed by atoms with Gasteiger partial charge in [-0.15, -0.1) is 0 Å². The van der Waals surface area contributed by atoms with E-state index in [0.717, 1.165) is 37.1 Å². The zero-order valence-corrected chi connectivity index (χ0v) is 19.7. The van der Waals surface area contributed by atoms with Gasteiger partial charge in [-0.25, -0.2) is 9.59 Å². The van der Waals surface area contributed by atoms with E-state index in [1.807, 2.05) is 4.90 Å². The minimum atomic E-state index is -0.887. The Labute approximate surface area is 189 Å². The van der Waals surface area contributed by atoms with Gasteiger partial charge in [0.25, 0.3) is 11.8 Å². The molecule has 0 bridgehead atoms. The molecule has 0 aromatic rings. The number of carbonyl (C=O) groups is 4. The van der Waals surface area contributed by atoms with Crippen molar-refractivity contribution in [3.8, 4) is 0 Å². The first-order valence-corrected chi connectivity index (χ1v) is 11.7. The van der Waals surface area contributed by atoms with Crippen molar-refractivity contribution in [2.45, 2.75) is 89.8 Å². The summed E-state index contributed by atoms with van der Waals surface area (Å²) in [6.07, 6.45) is 5.23. The molecule has 3 aliphatic rings. The third kappa shape index (κ3) is 5.90. The molecule has 1 unspecified atom stereocenters. The second-order valence-electron chi connectivity index (χ2n) is 10.4. The molecule has 180 valence electrons. The van der Waals surface area contributed by atoms with Gasteiger partial charge in [-0.2, -0.15) is 5.01 Å². The number of rotatable bonds is 5. The first-order chi connectivity index (χ1) is 15.0. The summed E-state index contributed by atoms with van der Waals surface area (Å²) in [6, 6.07) is -0.587. The fourth-order valence-electron chi connectivity index (χ4n) is 4.67. The Kier molecular flexibility index (Phi) is 7.32. The fourth-order valence-corrected chi connectivity index (χ4v) is 4.67. The molecule has 2 saturated heterocycles. The number of amides is 5. The molecular weight excluding hydrogens is 414 g/mol. The Morgan fingerprint density at radius 2 is 1.84 bits per heavy atom. The number of imide groups is 1. The largest absolute Gasteiger partial charge is 0.444 e. The summed E-state index contributed by atoms with van der Waals surface area (Å²) in [7, 11) is 0. The van der Waals surface area contributed by atoms with E-state index in [1.165, 1.54) is 0 Å². The molecule has 2 heterocycles. The summed E-state index contributed by atoms with van der Waals surface area (Å²) < 4.78 is 5.28. The van der Waals surface area contributed by atoms with E-state index < -0.39 is 29.2 Å². The van der Waals surface area contributed by atoms with Crippen molar-refractivity contribution in [1.29, 1.82) is 0 Å². The predicted octanol–water partition coefficient (Wildman–Crippen LogP) is 1.90. The molecule has 10 nitrogen and oxygen atoms in total. The lowest BCUT2D eigenvalue weighted by atomic mass is 9.77. The van der Waals surface area contributed by atoms with Crippen LogP contribution in [0.2, 0.25) is 0 Å². The van der Waals surface area contributed by atoms with E-state index in [1.54, 1.807) is 20.8 Å². The standard InChI is InChI=1S/C22H37N5O5/c1-15-8-10-22(11-9-15)18(29)27(19(30)24-22)25-17(28)14-26-12-6-5-7-16(26)13-23-20(31)32-21(2,3)4/h15-16H,5-14H2,1-4H3,(H,23,31)(H,24,30)(H,25,28). The average Bonchev–Trinajstić information content (AvgIpc) is 2.92. The van der Waals surface area contributed by atoms with Crippen molar-refractivity contribution < 1.29 is 23.9 Å². The van der Waals surface area contributed by atoms with Crippen LogP contribution >= 0.6 is 0 Å². The zero-order valence-electron chi connectivity index (χ0n) is 19.7. The number of ether oxygens (including phenoxy) is 1. The Bertz CT molecular complexity index is 741. The van der Waals surface area contributed by atoms with Gasteiger partial charge < -0.3 is 15.4 Å². The summed E-state index contributed by atoms with van der Waals surface area (Å²) in [5, 5.41) is 6.43. The van der Waals surface area contributed by atoms with Gasteiger partial charge in [0.2, 0.25) is 0 Å². The molecule has 3 N–H and O–H groups in total. The van der Waals surface area contributed by atoms with Gasteiger partial charge >= 0.3 is 12.1 Å². The van der Waals surface area contributed by atoms with Crippen LogP contribution in [0.3, 0.4) is 0 Å². The third-order valence-electron chi connectivity index (χ3n) is 6.50. The van der Waals surface area contributed by atoms with E-state index in [-0.39, 0.29) is 18.5 Å². The summed E-state index contributed by atoms with van der Waals surface area (Å²) in [5.74, 6) is -0.261. The van der Waals surface area contributed by atoms with Crippen LogP contribution in [0.25, 0.3) is 0 Å². The van der Waals surface area contributed by atoms with Gasteiger partial charge in [-0.3, -0.25) is 19.9 Å². The second-order valence-corrected chi connectivity index (χ2v) is 10.4. The number of hydrogen-bond donors (Lipinski definition) is 3. The van der Waals surface area contributed by atoms with Crippen molar-refractivity contribution in [1.82, 2.24) is 26.0 Å². The number of alkyl carbamates (subject to hydrolysis) is 1. The van der Waals surface area contributed by atoms with Crippen LogP contribution < -0.4 is 16.1 Å². The van der Waals surface area contributed by atoms with E-state index in [0.29, 0.717) is 31.8 Å². The fraction of sp³-hybridized carbons (Fsp3) is 0.818. The molecule has 1 atom stereocenters. The second kappa shape index (κ2) is 9.64. The van der Waals surface area contributed by atoms with Crippen LogP contribution in [0.5, 0.6) is 0 Å². The summed E-state index contributed by atoms with van der Waals surface area (Å²) >= 11 is 0. The lowest BCUT2D eigenvalue weighted by Crippen LogP contribution is -2.55. The number of likely N-dealkylation sites (tertiary alicyclic amines) is 1. The minimum absolute atomic E-state index is 0.0173. The molecule has 10 heteroatoms. The van der Waals surface area contributed by atoms with Crippen molar-refractivity contribution in [2.24, 2.45) is 5.92 Å². The third-order valence-corrected chi connectivity index (χ3v) is 6.50. The van der Waals surface area contributed by atoms with Gasteiger partial charge in [0.1, 0.15) is 11.1 Å². The van der Waals surface area contributed by atoms with Crippen molar-refractivity contribution >= 4 is 23.9 Å². The van der Waals surface area contributed by atoms with Crippen LogP contribution in [-0.2, 0) is 14.3 Å². The molecule has 32 heavy (non-hydrogen) atoms. The average molecular weight is 452 g/mol. The monoisotopic (exact) mass is 451 g/mol. The van der Waals surface area contributed by atoms with E-state index in [2.05, 4.69) is 23.0 Å². The number of piperidine rings is 1. The van der Waals surface area contributed by atoms with Crippen molar-refractivity contribution in [3.63, 3.8) is 0 Å². The van der Waals surface area contributed by atoms with Crippen LogP contribution in [0.4, 0.5) is 9.59 Å². The minimum Gasteiger partial charge on any atom is -0.444 e. The smallest absolute Gasteiger partial charge is 0.407 e. The Morgan fingerprint density at radius 3 is 2.50 bits per heavy atom. The van der Waals surface area contributed by atoms with E-state index >= 15 is 0 Å². The highest BCUT2D eigenvalue weighted by atomic mass is 16.6. The van der Waals surface area contributed by atoms with Crippen LogP contribution in [-0.4, -0.2) is 70.7 Å². The molecule has 1 spiro atoms. The zero-order chi connectivity index (χ0) is 23.5. The molecular formula is C22H37N5O5. The molecule has 0 radical (unpaired) electrons. The maximum atomic E-state index is 12.9. The Morgan fingerprint density at radius 1 is 1.16 bits per heavy atom. The topological polar surface area (TPSA) is 120 Å². The van der Waals surface area contributed by atoms with Crippen molar-refractivity contribution in [2.75, 3.05) is 19.6 Å². The van der Waals surface area contributed by atoms with Crippen LogP contribution in [0, 0.1) is 5.92 Å². The quantitative estimate of drug-likeness (QED) is 0.549. The highest BCUT2D eigenvalue weighted by molar-refractivity contribution is 6.08. The molecule has 3 fully saturated rings. The van der Waals surface area contributed by atoms with Gasteiger partial charge in [0, 0.05) is 12.6 Å². The first-order valence-electron chi connectivity index (χ1n) is 11.7. The first kappa shape index (κ1) is 24.3. The molecule has 1 saturated carbocycles. The van der Waals surface area contributed by atoms with E-state index in [4.69, 9.17) is 4.74 Å². The molecule has 3 rings (SSSR count). The highest BCUT2D eigenvalue weighted by Crippen LogP contribution is 2.35. The van der Waals surface area contributed by atoms with Gasteiger partial charge in [-0.05, 0) is 71.8 Å². The van der Waals surface area contributed by atoms with Gasteiger partial charge in [0.05, 0.1) is 6.54 Å². The SMILES string of the molecule is CC1CCC2(CC1)NC(=O)N(NC(=O)CN1CCCCC1CNC(=O)OC(C)(C)C)C2=O. The number of nitrogens with zero attached hydrogens (tertiary/aromatic N) is 2. The van der Waals surface area contributed by atoms with Crippen LogP contribution in [0.15, 0.2) is 0 Å². The van der Waals surface area contributed by atoms with Gasteiger partial charge in [0.15, 0.2) is 0 Å². The molecule has 1 aliphatic carbocycles. The Hall–Kier alpha value is -2.36. The number of hydrogen-bond acceptors (Lipinski definition) is 6. The summed E-state index contributed by atoms with van der Waals surface area (Å²) in [4.78, 5) is 52.0. The van der Waals surface area contributed by atoms with Crippen molar-refractivity contribution in [3.05, 3.63) is 0 Å². The summed E-state index contributed by atoms with van der Waals surface area (Å²) in [5.41, 5.74) is 1.04. The molecule has 2 aliphatic heterocycles. The lowest BCUT2D eigenvalue weighted by molar-refractivity contribution is -0.140. The normalized spacial score (nSPS) is 29.1. The van der Waals surface area contributed by atoms with Crippen LogP contribution in [0.1, 0.15) is 72.6 Å². The number of nitrogens with one attached hydrogen (secondary N) is 3.